The van der Waals surface area contributed by atoms with Crippen molar-refractivity contribution in [1.82, 2.24) is 9.97 Å². The maximum atomic E-state index is 12.3. The lowest BCUT2D eigenvalue weighted by molar-refractivity contribution is -0.117. The first kappa shape index (κ1) is 17.8. The molecule has 1 N–H and O–H groups in total. The molecule has 138 valence electrons. The summed E-state index contributed by atoms with van der Waals surface area (Å²) < 4.78 is 0. The topological polar surface area (TPSA) is 75.2 Å². The number of nitrogens with zero attached hydrogens (tertiary/aromatic N) is 3. The van der Waals surface area contributed by atoms with Crippen LogP contribution in [0.1, 0.15) is 23.5 Å². The van der Waals surface area contributed by atoms with Crippen LogP contribution in [0.2, 0.25) is 0 Å². The number of rotatable bonds is 5. The van der Waals surface area contributed by atoms with Gasteiger partial charge in [0, 0.05) is 35.0 Å². The molecule has 0 saturated carbocycles. The van der Waals surface area contributed by atoms with Gasteiger partial charge in [-0.15, -0.1) is 22.7 Å². The number of carbonyl (C=O) groups is 2. The van der Waals surface area contributed by atoms with Gasteiger partial charge in [-0.2, -0.15) is 0 Å². The number of carbonyl (C=O) groups excluding carboxylic acids is 2. The fourth-order valence-corrected chi connectivity index (χ4v) is 4.43. The molecule has 0 aliphatic carbocycles. The Morgan fingerprint density at radius 2 is 2.00 bits per heavy atom. The van der Waals surface area contributed by atoms with Crippen LogP contribution in [0.3, 0.4) is 0 Å². The average Bonchev–Trinajstić information content (AvgIpc) is 3.37. The molecule has 6 nitrogen and oxygen atoms in total. The highest BCUT2D eigenvalue weighted by Crippen LogP contribution is 2.26. The molecule has 1 aliphatic rings. The Balaban J connectivity index is 1.37. The summed E-state index contributed by atoms with van der Waals surface area (Å²) in [5.74, 6) is -0.0207. The van der Waals surface area contributed by atoms with Crippen molar-refractivity contribution >= 4 is 45.3 Å². The second-order valence-corrected chi connectivity index (χ2v) is 8.22. The molecule has 1 fully saturated rings. The summed E-state index contributed by atoms with van der Waals surface area (Å²) >= 11 is 3.02. The van der Waals surface area contributed by atoms with Crippen LogP contribution >= 0.6 is 22.7 Å². The lowest BCUT2D eigenvalue weighted by atomic mass is 10.1. The van der Waals surface area contributed by atoms with Gasteiger partial charge in [0.1, 0.15) is 0 Å². The van der Waals surface area contributed by atoms with Gasteiger partial charge in [0.05, 0.1) is 22.8 Å². The first-order valence-corrected chi connectivity index (χ1v) is 10.4. The van der Waals surface area contributed by atoms with E-state index in [2.05, 4.69) is 15.3 Å². The Morgan fingerprint density at radius 1 is 1.19 bits per heavy atom. The number of amides is 2. The number of thiazole rings is 2. The van der Waals surface area contributed by atoms with Gasteiger partial charge in [0.25, 0.3) is 0 Å². The zero-order chi connectivity index (χ0) is 18.8. The predicted molar refractivity (Wildman–Crippen MR) is 108 cm³/mol. The maximum Gasteiger partial charge on any atom is 0.230 e. The Kier molecular flexibility index (Phi) is 5.00. The molecule has 27 heavy (non-hydrogen) atoms. The number of aryl methyl sites for hydroxylation is 1. The molecule has 8 heteroatoms. The molecule has 1 aromatic carbocycles. The highest BCUT2D eigenvalue weighted by molar-refractivity contribution is 7.14. The molecule has 0 unspecified atom stereocenters. The lowest BCUT2D eigenvalue weighted by Gasteiger charge is -2.10. The van der Waals surface area contributed by atoms with Gasteiger partial charge in [-0.05, 0) is 25.5 Å². The van der Waals surface area contributed by atoms with E-state index in [-0.39, 0.29) is 18.2 Å². The van der Waals surface area contributed by atoms with E-state index in [0.717, 1.165) is 28.4 Å². The van der Waals surface area contributed by atoms with Crippen molar-refractivity contribution in [3.8, 4) is 11.3 Å². The van der Waals surface area contributed by atoms with Gasteiger partial charge in [-0.3, -0.25) is 14.5 Å². The molecule has 2 amide bonds. The molecule has 1 aliphatic heterocycles. The minimum atomic E-state index is -0.128. The Labute approximate surface area is 164 Å². The van der Waals surface area contributed by atoms with Crippen LogP contribution in [0.5, 0.6) is 0 Å². The number of aromatic nitrogens is 2. The maximum absolute atomic E-state index is 12.3. The number of anilines is 2. The largest absolute Gasteiger partial charge is 0.326 e. The van der Waals surface area contributed by atoms with Crippen molar-refractivity contribution in [3.63, 3.8) is 0 Å². The van der Waals surface area contributed by atoms with Crippen molar-refractivity contribution in [2.75, 3.05) is 16.8 Å². The first-order chi connectivity index (χ1) is 13.1. The monoisotopic (exact) mass is 398 g/mol. The number of nitrogens with one attached hydrogen (secondary N) is 1. The number of hydrogen-bond acceptors (Lipinski definition) is 6. The lowest BCUT2D eigenvalue weighted by Crippen LogP contribution is -2.23. The third kappa shape index (κ3) is 4.06. The van der Waals surface area contributed by atoms with Crippen LogP contribution in [0.25, 0.3) is 11.3 Å². The number of benzene rings is 1. The molecule has 2 aromatic heterocycles. The van der Waals surface area contributed by atoms with Gasteiger partial charge in [0.2, 0.25) is 11.8 Å². The van der Waals surface area contributed by atoms with Crippen LogP contribution in [0.15, 0.2) is 35.0 Å². The fourth-order valence-electron chi connectivity index (χ4n) is 2.94. The second kappa shape index (κ2) is 7.58. The second-order valence-electron chi connectivity index (χ2n) is 6.32. The molecule has 0 radical (unpaired) electrons. The van der Waals surface area contributed by atoms with E-state index in [1.807, 2.05) is 41.9 Å². The molecule has 3 aromatic rings. The summed E-state index contributed by atoms with van der Waals surface area (Å²) in [4.78, 5) is 34.7. The van der Waals surface area contributed by atoms with E-state index in [1.54, 1.807) is 16.2 Å². The van der Waals surface area contributed by atoms with Crippen molar-refractivity contribution < 1.29 is 9.59 Å². The van der Waals surface area contributed by atoms with Crippen LogP contribution in [0, 0.1) is 6.92 Å². The van der Waals surface area contributed by atoms with E-state index in [4.69, 9.17) is 0 Å². The molecular formula is C19H18N4O2S2. The van der Waals surface area contributed by atoms with Crippen molar-refractivity contribution in [2.24, 2.45) is 0 Å². The van der Waals surface area contributed by atoms with Crippen molar-refractivity contribution in [1.29, 1.82) is 0 Å². The van der Waals surface area contributed by atoms with Crippen LogP contribution in [0.4, 0.5) is 10.8 Å². The molecular weight excluding hydrogens is 380 g/mol. The molecule has 0 atom stereocenters. The molecule has 3 heterocycles. The van der Waals surface area contributed by atoms with Gasteiger partial charge < -0.3 is 5.32 Å². The summed E-state index contributed by atoms with van der Waals surface area (Å²) in [5, 5.41) is 8.46. The summed E-state index contributed by atoms with van der Waals surface area (Å²) in [6, 6.07) is 7.64. The van der Waals surface area contributed by atoms with E-state index in [0.29, 0.717) is 23.8 Å². The summed E-state index contributed by atoms with van der Waals surface area (Å²) in [6.45, 7) is 2.69. The first-order valence-electron chi connectivity index (χ1n) is 8.66. The van der Waals surface area contributed by atoms with E-state index < -0.39 is 0 Å². The Bertz CT molecular complexity index is 978. The van der Waals surface area contributed by atoms with Gasteiger partial charge in [-0.25, -0.2) is 9.97 Å². The summed E-state index contributed by atoms with van der Waals surface area (Å²) in [6.07, 6.45) is 1.63. The van der Waals surface area contributed by atoms with Crippen molar-refractivity contribution in [2.45, 2.75) is 26.2 Å². The van der Waals surface area contributed by atoms with Gasteiger partial charge in [-0.1, -0.05) is 12.1 Å². The minimum Gasteiger partial charge on any atom is -0.326 e. The van der Waals surface area contributed by atoms with Gasteiger partial charge in [0.15, 0.2) is 5.13 Å². The molecule has 0 spiro atoms. The highest BCUT2D eigenvalue weighted by Gasteiger charge is 2.24. The minimum absolute atomic E-state index is 0.107. The zero-order valence-corrected chi connectivity index (χ0v) is 16.4. The standard InChI is InChI=1S/C19H18N4O2S2/c1-12-20-16(11-26-12)13-4-6-14(7-5-13)21-17(24)9-15-10-27-19(22-15)23-8-2-3-18(23)25/h4-7,10-11H,2-3,8-9H2,1H3,(H,21,24). The van der Waals surface area contributed by atoms with Crippen LogP contribution in [-0.2, 0) is 16.0 Å². The van der Waals surface area contributed by atoms with Gasteiger partial charge >= 0.3 is 0 Å². The van der Waals surface area contributed by atoms with Crippen LogP contribution in [-0.4, -0.2) is 28.3 Å². The Hall–Kier alpha value is -2.58. The van der Waals surface area contributed by atoms with E-state index in [9.17, 15) is 9.59 Å². The average molecular weight is 399 g/mol. The van der Waals surface area contributed by atoms with E-state index >= 15 is 0 Å². The van der Waals surface area contributed by atoms with E-state index in [1.165, 1.54) is 11.3 Å². The third-order valence-corrected chi connectivity index (χ3v) is 5.95. The predicted octanol–water partition coefficient (Wildman–Crippen LogP) is 3.88. The summed E-state index contributed by atoms with van der Waals surface area (Å²) in [7, 11) is 0. The fraction of sp³-hybridized carbons (Fsp3) is 0.263. The number of hydrogen-bond donors (Lipinski definition) is 1. The smallest absolute Gasteiger partial charge is 0.230 e. The Morgan fingerprint density at radius 3 is 2.67 bits per heavy atom. The quantitative estimate of drug-likeness (QED) is 0.708. The SMILES string of the molecule is Cc1nc(-c2ccc(NC(=O)Cc3csc(N4CCCC4=O)n3)cc2)cs1. The highest BCUT2D eigenvalue weighted by atomic mass is 32.1. The molecule has 1 saturated heterocycles. The normalized spacial score (nSPS) is 14.0. The van der Waals surface area contributed by atoms with Crippen LogP contribution < -0.4 is 10.2 Å². The van der Waals surface area contributed by atoms with Crippen molar-refractivity contribution in [3.05, 3.63) is 45.7 Å². The zero-order valence-electron chi connectivity index (χ0n) is 14.8. The summed E-state index contributed by atoms with van der Waals surface area (Å²) in [5.41, 5.74) is 3.39. The third-order valence-electron chi connectivity index (χ3n) is 4.27. The molecule has 4 rings (SSSR count). The molecule has 0 bridgehead atoms.